The molecule has 1 aliphatic heterocycles. The Morgan fingerprint density at radius 2 is 1.70 bits per heavy atom. The molecule has 1 aliphatic rings. The minimum Gasteiger partial charge on any atom is -0.337 e. The van der Waals surface area contributed by atoms with Gasteiger partial charge in [-0.1, -0.05) is 17.7 Å². The fraction of sp³-hybridized carbons (Fsp3) is 0.120. The molecule has 0 aliphatic carbocycles. The van der Waals surface area contributed by atoms with Gasteiger partial charge < -0.3 is 4.90 Å². The van der Waals surface area contributed by atoms with Crippen LogP contribution in [0, 0.1) is 0 Å². The molecule has 0 unspecified atom stereocenters. The van der Waals surface area contributed by atoms with E-state index in [-0.39, 0.29) is 16.6 Å². The van der Waals surface area contributed by atoms with Crippen LogP contribution in [0.25, 0.3) is 20.9 Å². The lowest BCUT2D eigenvalue weighted by Crippen LogP contribution is -2.17. The fourth-order valence-corrected chi connectivity index (χ4v) is 6.34. The highest BCUT2D eigenvalue weighted by molar-refractivity contribution is 7.90. The molecule has 0 saturated heterocycles. The first-order valence-corrected chi connectivity index (χ1v) is 13.1. The van der Waals surface area contributed by atoms with Gasteiger partial charge in [0.05, 0.1) is 10.6 Å². The zero-order valence-corrected chi connectivity index (χ0v) is 20.0. The number of halogens is 1. The molecule has 0 radical (unpaired) electrons. The largest absolute Gasteiger partial charge is 0.337 e. The monoisotopic (exact) mass is 494 g/mol. The number of aromatic nitrogens is 1. The van der Waals surface area contributed by atoms with Gasteiger partial charge in [-0.25, -0.2) is 8.42 Å². The maximum Gasteiger partial charge on any atom is 0.254 e. The van der Waals surface area contributed by atoms with Crippen molar-refractivity contribution in [2.75, 3.05) is 7.05 Å². The first kappa shape index (κ1) is 21.8. The Hall–Kier alpha value is -3.00. The molecule has 33 heavy (non-hydrogen) atoms. The smallest absolute Gasteiger partial charge is 0.254 e. The third-order valence-electron chi connectivity index (χ3n) is 5.59. The van der Waals surface area contributed by atoms with Crippen molar-refractivity contribution in [1.82, 2.24) is 9.88 Å². The van der Waals surface area contributed by atoms with Crippen molar-refractivity contribution in [3.63, 3.8) is 0 Å². The quantitative estimate of drug-likeness (QED) is 0.357. The van der Waals surface area contributed by atoms with E-state index in [1.165, 1.54) is 12.1 Å². The van der Waals surface area contributed by atoms with Crippen LogP contribution in [-0.2, 0) is 22.1 Å². The topological polar surface area (TPSA) is 67.3 Å². The van der Waals surface area contributed by atoms with Gasteiger partial charge in [0.25, 0.3) is 5.91 Å². The molecule has 5 rings (SSSR count). The molecular weight excluding hydrogens is 476 g/mol. The molecule has 8 heteroatoms. The summed E-state index contributed by atoms with van der Waals surface area (Å²) in [5, 5.41) is 0.494. The van der Waals surface area contributed by atoms with Crippen LogP contribution in [0.2, 0.25) is 5.02 Å². The van der Waals surface area contributed by atoms with Gasteiger partial charge in [-0.2, -0.15) is 0 Å². The number of hydrogen-bond acceptors (Lipinski definition) is 5. The van der Waals surface area contributed by atoms with E-state index in [1.807, 2.05) is 30.3 Å². The second kappa shape index (κ2) is 8.41. The Bertz CT molecular complexity index is 1480. The van der Waals surface area contributed by atoms with Crippen LogP contribution in [0.3, 0.4) is 0 Å². The molecule has 1 amide bonds. The Kier molecular flexibility index (Phi) is 5.56. The zero-order chi connectivity index (χ0) is 23.2. The highest BCUT2D eigenvalue weighted by Gasteiger charge is 2.24. The Balaban J connectivity index is 1.40. The number of nitrogens with zero attached hydrogens (tertiary/aromatic N) is 2. The first-order chi connectivity index (χ1) is 15.8. The number of benzene rings is 2. The van der Waals surface area contributed by atoms with Crippen molar-refractivity contribution < 1.29 is 13.2 Å². The molecule has 3 heterocycles. The average Bonchev–Trinajstić information content (AvgIpc) is 3.39. The van der Waals surface area contributed by atoms with Crippen LogP contribution >= 0.6 is 22.9 Å². The number of amides is 1. The van der Waals surface area contributed by atoms with Gasteiger partial charge in [0, 0.05) is 51.9 Å². The summed E-state index contributed by atoms with van der Waals surface area (Å²) >= 11 is 7.48. The number of fused-ring (bicyclic) bond motifs is 1. The predicted octanol–water partition coefficient (Wildman–Crippen LogP) is 5.69. The SMILES string of the molecule is CN1Cc2cc(-c3ccc(-c4cncc(CS(=O)(=O)c5ccc(Cl)cc5)c4)s3)ccc2C1=O. The molecule has 0 saturated carbocycles. The number of hydrogen-bond donors (Lipinski definition) is 0. The molecule has 0 fully saturated rings. The normalized spacial score (nSPS) is 13.4. The number of carbonyl (C=O) groups excluding carboxylic acids is 1. The molecule has 0 spiro atoms. The Morgan fingerprint density at radius 3 is 2.45 bits per heavy atom. The Labute approximate surface area is 201 Å². The number of rotatable bonds is 5. The molecule has 0 N–H and O–H groups in total. The van der Waals surface area contributed by atoms with Crippen LogP contribution in [0.15, 0.2) is 78.0 Å². The van der Waals surface area contributed by atoms with Crippen molar-refractivity contribution in [3.05, 3.63) is 94.8 Å². The molecule has 5 nitrogen and oxygen atoms in total. The van der Waals surface area contributed by atoms with Crippen molar-refractivity contribution >= 4 is 38.7 Å². The van der Waals surface area contributed by atoms with Gasteiger partial charge in [-0.3, -0.25) is 9.78 Å². The maximum absolute atomic E-state index is 12.8. The van der Waals surface area contributed by atoms with Crippen LogP contribution in [0.1, 0.15) is 21.5 Å². The highest BCUT2D eigenvalue weighted by atomic mass is 35.5. The van der Waals surface area contributed by atoms with Gasteiger partial charge in [-0.05, 0) is 71.3 Å². The van der Waals surface area contributed by atoms with Crippen molar-refractivity contribution in [1.29, 1.82) is 0 Å². The summed E-state index contributed by atoms with van der Waals surface area (Å²) in [6.07, 6.45) is 3.32. The molecule has 0 bridgehead atoms. The second-order valence-electron chi connectivity index (χ2n) is 7.99. The van der Waals surface area contributed by atoms with Crippen LogP contribution in [0.5, 0.6) is 0 Å². The standard InChI is InChI=1S/C25H19ClN2O3S2/c1-28-14-19-11-17(2-7-22(19)25(28)29)23-8-9-24(32-23)18-10-16(12-27-13-18)15-33(30,31)21-5-3-20(26)4-6-21/h2-13H,14-15H2,1H3. The summed E-state index contributed by atoms with van der Waals surface area (Å²) in [6.45, 7) is 0.619. The molecule has 2 aromatic carbocycles. The summed E-state index contributed by atoms with van der Waals surface area (Å²) in [4.78, 5) is 20.4. The average molecular weight is 495 g/mol. The zero-order valence-electron chi connectivity index (χ0n) is 17.7. The molecule has 4 aromatic rings. The van der Waals surface area contributed by atoms with Crippen molar-refractivity contribution in [2.45, 2.75) is 17.2 Å². The summed E-state index contributed by atoms with van der Waals surface area (Å²) in [7, 11) is -1.70. The van der Waals surface area contributed by atoms with Gasteiger partial charge in [0.15, 0.2) is 9.84 Å². The minimum atomic E-state index is -3.51. The van der Waals surface area contributed by atoms with E-state index in [0.29, 0.717) is 17.1 Å². The lowest BCUT2D eigenvalue weighted by Gasteiger charge is -2.06. The first-order valence-electron chi connectivity index (χ1n) is 10.2. The third kappa shape index (κ3) is 4.31. The molecule has 2 aromatic heterocycles. The van der Waals surface area contributed by atoms with Crippen molar-refractivity contribution in [3.8, 4) is 20.9 Å². The van der Waals surface area contributed by atoms with Crippen LogP contribution in [-0.4, -0.2) is 31.3 Å². The fourth-order valence-electron chi connectivity index (χ4n) is 3.91. The summed E-state index contributed by atoms with van der Waals surface area (Å²) in [6, 6.07) is 18.0. The number of pyridine rings is 1. The van der Waals surface area contributed by atoms with Crippen molar-refractivity contribution in [2.24, 2.45) is 0 Å². The predicted molar refractivity (Wildman–Crippen MR) is 131 cm³/mol. The van der Waals surface area contributed by atoms with Gasteiger partial charge in [0.2, 0.25) is 0 Å². The summed E-state index contributed by atoms with van der Waals surface area (Å²) in [5.41, 5.74) is 4.34. The van der Waals surface area contributed by atoms with Crippen LogP contribution < -0.4 is 0 Å². The number of carbonyl (C=O) groups is 1. The minimum absolute atomic E-state index is 0.0554. The van der Waals surface area contributed by atoms with E-state index >= 15 is 0 Å². The van der Waals surface area contributed by atoms with E-state index in [2.05, 4.69) is 11.1 Å². The molecule has 166 valence electrons. The third-order valence-corrected chi connectivity index (χ3v) is 8.73. The number of sulfone groups is 1. The van der Waals surface area contributed by atoms with E-state index in [4.69, 9.17) is 11.6 Å². The van der Waals surface area contributed by atoms with E-state index < -0.39 is 9.84 Å². The van der Waals surface area contributed by atoms with Gasteiger partial charge >= 0.3 is 0 Å². The van der Waals surface area contributed by atoms with E-state index in [1.54, 1.807) is 47.8 Å². The number of thiophene rings is 1. The van der Waals surface area contributed by atoms with E-state index in [9.17, 15) is 13.2 Å². The second-order valence-corrected chi connectivity index (χ2v) is 11.5. The molecular formula is C25H19ClN2O3S2. The Morgan fingerprint density at radius 1 is 0.970 bits per heavy atom. The molecule has 0 atom stereocenters. The van der Waals surface area contributed by atoms with Crippen LogP contribution in [0.4, 0.5) is 0 Å². The summed E-state index contributed by atoms with van der Waals surface area (Å²) < 4.78 is 25.6. The maximum atomic E-state index is 12.8. The lowest BCUT2D eigenvalue weighted by atomic mass is 10.1. The highest BCUT2D eigenvalue weighted by Crippen LogP contribution is 2.36. The van der Waals surface area contributed by atoms with Gasteiger partial charge in [-0.15, -0.1) is 11.3 Å². The summed E-state index contributed by atoms with van der Waals surface area (Å²) in [5.74, 6) is -0.0834. The van der Waals surface area contributed by atoms with Gasteiger partial charge in [0.1, 0.15) is 0 Å². The van der Waals surface area contributed by atoms with E-state index in [0.717, 1.165) is 32.0 Å². The lowest BCUT2D eigenvalue weighted by molar-refractivity contribution is 0.0816.